The van der Waals surface area contributed by atoms with Crippen molar-refractivity contribution < 1.29 is 18.0 Å². The second-order valence-corrected chi connectivity index (χ2v) is 9.29. The largest absolute Gasteiger partial charge is 0.325 e. The highest BCUT2D eigenvalue weighted by Crippen LogP contribution is 2.23. The molecule has 1 aromatic carbocycles. The van der Waals surface area contributed by atoms with Crippen molar-refractivity contribution in [2.45, 2.75) is 35.9 Å². The van der Waals surface area contributed by atoms with Crippen LogP contribution in [0.5, 0.6) is 0 Å². The van der Waals surface area contributed by atoms with Crippen molar-refractivity contribution in [3.05, 3.63) is 48.7 Å². The third-order valence-corrected chi connectivity index (χ3v) is 7.07. The number of urea groups is 1. The highest BCUT2D eigenvalue weighted by molar-refractivity contribution is 8.00. The number of amides is 3. The number of nitrogens with one attached hydrogen (secondary N) is 2. The monoisotopic (exact) mass is 436 g/mol. The molecule has 2 N–H and O–H groups in total. The summed E-state index contributed by atoms with van der Waals surface area (Å²) in [4.78, 5) is 28.4. The number of thioether (sulfide) groups is 1. The van der Waals surface area contributed by atoms with Crippen molar-refractivity contribution in [1.29, 1.82) is 0 Å². The minimum absolute atomic E-state index is 0.102. The van der Waals surface area contributed by atoms with Gasteiger partial charge < -0.3 is 5.32 Å². The van der Waals surface area contributed by atoms with Crippen LogP contribution in [0.2, 0.25) is 0 Å². The Balaban J connectivity index is 1.95. The van der Waals surface area contributed by atoms with Gasteiger partial charge in [0.2, 0.25) is 15.9 Å². The Morgan fingerprint density at radius 2 is 1.76 bits per heavy atom. The van der Waals surface area contributed by atoms with Crippen molar-refractivity contribution >= 4 is 39.4 Å². The van der Waals surface area contributed by atoms with E-state index in [0.29, 0.717) is 23.8 Å². The third kappa shape index (κ3) is 6.28. The molecule has 0 aliphatic heterocycles. The second kappa shape index (κ2) is 10.4. The number of anilines is 1. The van der Waals surface area contributed by atoms with Crippen molar-refractivity contribution in [2.75, 3.05) is 18.4 Å². The molecule has 0 saturated heterocycles. The van der Waals surface area contributed by atoms with E-state index in [0.717, 1.165) is 11.8 Å². The zero-order chi connectivity index (χ0) is 21.4. The van der Waals surface area contributed by atoms with Gasteiger partial charge in [-0.2, -0.15) is 4.31 Å². The molecule has 0 aliphatic rings. The molecule has 10 heteroatoms. The van der Waals surface area contributed by atoms with Crippen LogP contribution in [0.25, 0.3) is 0 Å². The molecule has 0 saturated carbocycles. The highest BCUT2D eigenvalue weighted by Gasteiger charge is 2.23. The number of carbonyl (C=O) groups excluding carboxylic acids is 2. The van der Waals surface area contributed by atoms with Crippen LogP contribution in [-0.2, 0) is 14.8 Å². The number of rotatable bonds is 8. The lowest BCUT2D eigenvalue weighted by Crippen LogP contribution is -2.38. The Bertz CT molecular complexity index is 930. The van der Waals surface area contributed by atoms with Crippen molar-refractivity contribution in [2.24, 2.45) is 0 Å². The summed E-state index contributed by atoms with van der Waals surface area (Å²) in [5.41, 5.74) is 0.574. The number of imide groups is 1. The average Bonchev–Trinajstić information content (AvgIpc) is 2.69. The van der Waals surface area contributed by atoms with Gasteiger partial charge >= 0.3 is 6.03 Å². The van der Waals surface area contributed by atoms with Crippen LogP contribution >= 0.6 is 11.8 Å². The molecule has 0 radical (unpaired) electrons. The van der Waals surface area contributed by atoms with Gasteiger partial charge in [0.25, 0.3) is 0 Å². The van der Waals surface area contributed by atoms with Gasteiger partial charge in [-0.05, 0) is 31.2 Å². The lowest BCUT2D eigenvalue weighted by Gasteiger charge is -2.18. The van der Waals surface area contributed by atoms with Gasteiger partial charge in [0.1, 0.15) is 4.90 Å². The molecule has 2 aromatic rings. The SMILES string of the molecule is CCN(CC)S(=O)(=O)c1ccc(SC(C)C(=O)NC(=O)Nc2ccccc2)nc1. The van der Waals surface area contributed by atoms with Crippen LogP contribution < -0.4 is 10.6 Å². The quantitative estimate of drug-likeness (QED) is 0.616. The van der Waals surface area contributed by atoms with E-state index in [1.54, 1.807) is 51.1 Å². The Morgan fingerprint density at radius 3 is 2.31 bits per heavy atom. The molecule has 0 fully saturated rings. The topological polar surface area (TPSA) is 108 Å². The molecule has 156 valence electrons. The molecule has 1 atom stereocenters. The fourth-order valence-electron chi connectivity index (χ4n) is 2.43. The summed E-state index contributed by atoms with van der Waals surface area (Å²) in [5, 5.41) is 4.72. The lowest BCUT2D eigenvalue weighted by molar-refractivity contribution is -0.119. The summed E-state index contributed by atoms with van der Waals surface area (Å²) >= 11 is 1.13. The fourth-order valence-corrected chi connectivity index (χ4v) is 4.63. The summed E-state index contributed by atoms with van der Waals surface area (Å²) in [6.07, 6.45) is 1.28. The summed E-state index contributed by atoms with van der Waals surface area (Å²) in [6.45, 7) is 5.92. The minimum Gasteiger partial charge on any atom is -0.308 e. The van der Waals surface area contributed by atoms with Crippen LogP contribution in [0.3, 0.4) is 0 Å². The predicted octanol–water partition coefficient (Wildman–Crippen LogP) is 2.94. The average molecular weight is 437 g/mol. The maximum absolute atomic E-state index is 12.5. The fraction of sp³-hybridized carbons (Fsp3) is 0.316. The number of para-hydroxylation sites is 1. The lowest BCUT2D eigenvalue weighted by atomic mass is 10.3. The number of hydrogen-bond donors (Lipinski definition) is 2. The first-order valence-corrected chi connectivity index (χ1v) is 11.4. The number of hydrogen-bond acceptors (Lipinski definition) is 6. The van der Waals surface area contributed by atoms with Crippen molar-refractivity contribution in [1.82, 2.24) is 14.6 Å². The molecule has 1 unspecified atom stereocenters. The van der Waals surface area contributed by atoms with Gasteiger partial charge in [-0.15, -0.1) is 0 Å². The van der Waals surface area contributed by atoms with E-state index in [4.69, 9.17) is 0 Å². The molecule has 0 spiro atoms. The zero-order valence-electron chi connectivity index (χ0n) is 16.5. The van der Waals surface area contributed by atoms with Gasteiger partial charge in [0.05, 0.1) is 10.3 Å². The number of sulfonamides is 1. The van der Waals surface area contributed by atoms with Gasteiger partial charge in [0, 0.05) is 25.0 Å². The molecule has 1 aromatic heterocycles. The van der Waals surface area contributed by atoms with E-state index < -0.39 is 27.2 Å². The highest BCUT2D eigenvalue weighted by atomic mass is 32.2. The van der Waals surface area contributed by atoms with Crippen LogP contribution in [0, 0.1) is 0 Å². The number of nitrogens with zero attached hydrogens (tertiary/aromatic N) is 2. The van der Waals surface area contributed by atoms with Gasteiger partial charge in [-0.3, -0.25) is 10.1 Å². The first kappa shape index (κ1) is 22.9. The standard InChI is InChI=1S/C19H24N4O4S2/c1-4-23(5-2)29(26,27)16-11-12-17(20-13-16)28-14(3)18(24)22-19(25)21-15-9-7-6-8-10-15/h6-14H,4-5H2,1-3H3,(H2,21,22,24,25). The van der Waals surface area contributed by atoms with E-state index in [1.807, 2.05) is 6.07 Å². The summed E-state index contributed by atoms with van der Waals surface area (Å²) in [7, 11) is -3.58. The number of carbonyl (C=O) groups is 2. The predicted molar refractivity (Wildman–Crippen MR) is 113 cm³/mol. The molecular formula is C19H24N4O4S2. The number of pyridine rings is 1. The summed E-state index contributed by atoms with van der Waals surface area (Å²) in [6, 6.07) is 11.2. The summed E-state index contributed by atoms with van der Waals surface area (Å²) < 4.78 is 26.3. The summed E-state index contributed by atoms with van der Waals surface area (Å²) in [5.74, 6) is -0.481. The van der Waals surface area contributed by atoms with E-state index in [2.05, 4.69) is 15.6 Å². The molecule has 3 amide bonds. The number of aromatic nitrogens is 1. The Labute approximate surface area is 175 Å². The Hall–Kier alpha value is -2.43. The van der Waals surface area contributed by atoms with E-state index >= 15 is 0 Å². The normalized spacial score (nSPS) is 12.4. The van der Waals surface area contributed by atoms with Crippen molar-refractivity contribution in [3.8, 4) is 0 Å². The molecule has 29 heavy (non-hydrogen) atoms. The third-order valence-electron chi connectivity index (χ3n) is 3.99. The molecule has 1 heterocycles. The van der Waals surface area contributed by atoms with Crippen LogP contribution in [0.15, 0.2) is 58.6 Å². The van der Waals surface area contributed by atoms with Crippen LogP contribution in [0.4, 0.5) is 10.5 Å². The zero-order valence-corrected chi connectivity index (χ0v) is 18.1. The number of benzene rings is 1. The molecular weight excluding hydrogens is 412 g/mol. The Morgan fingerprint density at radius 1 is 1.10 bits per heavy atom. The molecule has 0 bridgehead atoms. The smallest absolute Gasteiger partial charge is 0.308 e. The molecule has 2 rings (SSSR count). The van der Waals surface area contributed by atoms with E-state index in [1.165, 1.54) is 16.6 Å². The second-order valence-electron chi connectivity index (χ2n) is 5.99. The van der Waals surface area contributed by atoms with Crippen molar-refractivity contribution in [3.63, 3.8) is 0 Å². The van der Waals surface area contributed by atoms with Gasteiger partial charge in [0.15, 0.2) is 0 Å². The maximum Gasteiger partial charge on any atom is 0.325 e. The molecule has 8 nitrogen and oxygen atoms in total. The maximum atomic E-state index is 12.5. The Kier molecular flexibility index (Phi) is 8.18. The van der Waals surface area contributed by atoms with Crippen LogP contribution in [0.1, 0.15) is 20.8 Å². The molecule has 0 aliphatic carbocycles. The first-order valence-electron chi connectivity index (χ1n) is 9.07. The van der Waals surface area contributed by atoms with Gasteiger partial charge in [-0.1, -0.05) is 43.8 Å². The minimum atomic E-state index is -3.58. The van der Waals surface area contributed by atoms with Crippen LogP contribution in [-0.4, -0.2) is 48.0 Å². The van der Waals surface area contributed by atoms with E-state index in [-0.39, 0.29) is 4.90 Å². The van der Waals surface area contributed by atoms with E-state index in [9.17, 15) is 18.0 Å². The first-order chi connectivity index (χ1) is 13.8. The van der Waals surface area contributed by atoms with Gasteiger partial charge in [-0.25, -0.2) is 18.2 Å².